The number of nitrogens with zero attached hydrogens (tertiary/aromatic N) is 1. The molecule has 0 bridgehead atoms. The summed E-state index contributed by atoms with van der Waals surface area (Å²) in [7, 11) is 1.62. The Morgan fingerprint density at radius 3 is 2.53 bits per heavy atom. The van der Waals surface area contributed by atoms with Crippen molar-refractivity contribution in [1.29, 1.82) is 0 Å². The number of benzene rings is 1. The van der Waals surface area contributed by atoms with E-state index in [0.717, 1.165) is 22.2 Å². The summed E-state index contributed by atoms with van der Waals surface area (Å²) in [5.74, 6) is 0.778. The van der Waals surface area contributed by atoms with Crippen molar-refractivity contribution < 1.29 is 20.8 Å². The molecule has 0 unspecified atom stereocenters. The highest BCUT2D eigenvalue weighted by Gasteiger charge is 2.01. The molecule has 0 amide bonds. The van der Waals surface area contributed by atoms with Crippen LogP contribution in [0.1, 0.15) is 5.56 Å². The Morgan fingerprint density at radius 1 is 1.24 bits per heavy atom. The summed E-state index contributed by atoms with van der Waals surface area (Å²) in [5, 5.41) is 10.1. The van der Waals surface area contributed by atoms with Gasteiger partial charge in [0.15, 0.2) is 0 Å². The summed E-state index contributed by atoms with van der Waals surface area (Å²) >= 11 is 0. The van der Waals surface area contributed by atoms with E-state index in [4.69, 9.17) is 9.84 Å². The fourth-order valence-corrected chi connectivity index (χ4v) is 1.45. The van der Waals surface area contributed by atoms with E-state index in [-0.39, 0.29) is 30.0 Å². The van der Waals surface area contributed by atoms with E-state index in [0.29, 0.717) is 0 Å². The summed E-state index contributed by atoms with van der Waals surface area (Å²) in [6, 6.07) is 7.43. The second-order valence-corrected chi connectivity index (χ2v) is 3.01. The van der Waals surface area contributed by atoms with Crippen LogP contribution < -0.4 is 4.74 Å². The zero-order chi connectivity index (χ0) is 9.97. The number of pyridine rings is 1. The van der Waals surface area contributed by atoms with Crippen molar-refractivity contribution in [3.8, 4) is 5.75 Å². The summed E-state index contributed by atoms with van der Waals surface area (Å²) in [6.45, 7) is 0.0200. The van der Waals surface area contributed by atoms with E-state index in [1.807, 2.05) is 24.3 Å². The van der Waals surface area contributed by atoms with Crippen LogP contribution in [0.5, 0.6) is 5.75 Å². The molecule has 2 rings (SSSR count). The fourth-order valence-electron chi connectivity index (χ4n) is 1.45. The van der Waals surface area contributed by atoms with Crippen LogP contribution >= 0.6 is 12.4 Å². The van der Waals surface area contributed by atoms with Crippen molar-refractivity contribution in [2.75, 3.05) is 7.11 Å². The molecule has 96 valence electrons. The average Bonchev–Trinajstić information content (AvgIpc) is 2.27. The number of aromatic nitrogens is 1. The van der Waals surface area contributed by atoms with E-state index < -0.39 is 0 Å². The number of halogens is 1. The minimum absolute atomic E-state index is 0. The van der Waals surface area contributed by atoms with E-state index >= 15 is 0 Å². The van der Waals surface area contributed by atoms with Gasteiger partial charge in [0.1, 0.15) is 5.75 Å². The summed E-state index contributed by atoms with van der Waals surface area (Å²) < 4.78 is 5.11. The number of aliphatic hydroxyl groups is 1. The van der Waals surface area contributed by atoms with Crippen molar-refractivity contribution in [2.45, 2.75) is 6.61 Å². The van der Waals surface area contributed by atoms with Crippen LogP contribution in [-0.4, -0.2) is 28.2 Å². The third-order valence-electron chi connectivity index (χ3n) is 2.21. The van der Waals surface area contributed by atoms with Gasteiger partial charge in [0.05, 0.1) is 19.2 Å². The summed E-state index contributed by atoms with van der Waals surface area (Å²) in [4.78, 5) is 4.20. The molecule has 1 aromatic heterocycles. The van der Waals surface area contributed by atoms with Gasteiger partial charge in [-0.1, -0.05) is 0 Å². The average molecular weight is 262 g/mol. The third kappa shape index (κ3) is 3.54. The lowest BCUT2D eigenvalue weighted by Gasteiger charge is -2.05. The Labute approximate surface area is 105 Å². The van der Waals surface area contributed by atoms with E-state index in [1.165, 1.54) is 0 Å². The van der Waals surface area contributed by atoms with Gasteiger partial charge in [-0.2, -0.15) is 0 Å². The maximum atomic E-state index is 9.13. The van der Waals surface area contributed by atoms with Gasteiger partial charge in [-0.3, -0.25) is 4.98 Å². The van der Waals surface area contributed by atoms with Gasteiger partial charge < -0.3 is 20.8 Å². The molecule has 0 aliphatic heterocycles. The first-order valence-corrected chi connectivity index (χ1v) is 4.37. The molecule has 0 fully saturated rings. The quantitative estimate of drug-likeness (QED) is 0.851. The number of ether oxygens (including phenoxy) is 1. The normalized spacial score (nSPS) is 8.59. The largest absolute Gasteiger partial charge is 0.497 e. The molecule has 0 saturated heterocycles. The third-order valence-corrected chi connectivity index (χ3v) is 2.21. The van der Waals surface area contributed by atoms with Crippen LogP contribution in [0.15, 0.2) is 30.5 Å². The Kier molecular flexibility index (Phi) is 8.25. The van der Waals surface area contributed by atoms with Gasteiger partial charge in [-0.15, -0.1) is 12.4 Å². The first-order chi connectivity index (χ1) is 6.85. The Hall–Kier alpha value is -1.40. The van der Waals surface area contributed by atoms with E-state index in [9.17, 15) is 0 Å². The van der Waals surface area contributed by atoms with Crippen LogP contribution in [0, 0.1) is 0 Å². The number of aliphatic hydroxyl groups excluding tert-OH is 1. The number of hydrogen-bond acceptors (Lipinski definition) is 3. The first-order valence-electron chi connectivity index (χ1n) is 4.37. The van der Waals surface area contributed by atoms with Crippen LogP contribution in [0.4, 0.5) is 0 Å². The smallest absolute Gasteiger partial charge is 0.119 e. The standard InChI is InChI=1S/C11H11NO2.ClH.2H2O/c1-14-9-2-3-11-10(6-9)8(7-13)4-5-12-11;;;/h2-6,13H,7H2,1H3;1H;2*1H2. The maximum absolute atomic E-state index is 9.13. The maximum Gasteiger partial charge on any atom is 0.119 e. The second-order valence-electron chi connectivity index (χ2n) is 3.01. The van der Waals surface area contributed by atoms with Crippen molar-refractivity contribution in [3.05, 3.63) is 36.0 Å². The van der Waals surface area contributed by atoms with Crippen molar-refractivity contribution in [3.63, 3.8) is 0 Å². The molecule has 5 N–H and O–H groups in total. The van der Waals surface area contributed by atoms with Crippen LogP contribution in [0.3, 0.4) is 0 Å². The zero-order valence-electron chi connectivity index (χ0n) is 9.30. The molecule has 0 spiro atoms. The van der Waals surface area contributed by atoms with Crippen LogP contribution in [-0.2, 0) is 6.61 Å². The number of hydrogen-bond donors (Lipinski definition) is 1. The Bertz CT molecular complexity index is 464. The minimum atomic E-state index is 0. The Morgan fingerprint density at radius 2 is 1.94 bits per heavy atom. The summed E-state index contributed by atoms with van der Waals surface area (Å²) in [5.41, 5.74) is 1.74. The molecule has 2 aromatic rings. The zero-order valence-corrected chi connectivity index (χ0v) is 10.1. The first kappa shape index (κ1) is 18.0. The molecule has 6 heteroatoms. The highest BCUT2D eigenvalue weighted by molar-refractivity contribution is 5.85. The molecule has 0 aliphatic rings. The molecule has 5 nitrogen and oxygen atoms in total. The lowest BCUT2D eigenvalue weighted by Crippen LogP contribution is -1.89. The molecule has 1 heterocycles. The SMILES string of the molecule is COc1ccc2nccc(CO)c2c1.Cl.O.O. The molecular formula is C11H16ClNO4. The molecular weight excluding hydrogens is 246 g/mol. The molecule has 0 aliphatic carbocycles. The van der Waals surface area contributed by atoms with Crippen LogP contribution in [0.2, 0.25) is 0 Å². The second kappa shape index (κ2) is 7.81. The number of methoxy groups -OCH3 is 1. The van der Waals surface area contributed by atoms with Crippen molar-refractivity contribution in [2.24, 2.45) is 0 Å². The number of fused-ring (bicyclic) bond motifs is 1. The highest BCUT2D eigenvalue weighted by Crippen LogP contribution is 2.22. The van der Waals surface area contributed by atoms with Gasteiger partial charge in [0.2, 0.25) is 0 Å². The van der Waals surface area contributed by atoms with Gasteiger partial charge in [0.25, 0.3) is 0 Å². The van der Waals surface area contributed by atoms with Gasteiger partial charge >= 0.3 is 0 Å². The highest BCUT2D eigenvalue weighted by atomic mass is 35.5. The van der Waals surface area contributed by atoms with E-state index in [2.05, 4.69) is 4.98 Å². The molecule has 1 aromatic carbocycles. The van der Waals surface area contributed by atoms with Crippen molar-refractivity contribution >= 4 is 23.3 Å². The minimum Gasteiger partial charge on any atom is -0.497 e. The lowest BCUT2D eigenvalue weighted by molar-refractivity contribution is 0.283. The summed E-state index contributed by atoms with van der Waals surface area (Å²) in [6.07, 6.45) is 1.69. The molecule has 0 radical (unpaired) electrons. The van der Waals surface area contributed by atoms with Gasteiger partial charge in [-0.25, -0.2) is 0 Å². The predicted octanol–water partition coefficient (Wildman–Crippen LogP) is 0.508. The van der Waals surface area contributed by atoms with Crippen LogP contribution in [0.25, 0.3) is 10.9 Å². The number of rotatable bonds is 2. The lowest BCUT2D eigenvalue weighted by atomic mass is 10.1. The van der Waals surface area contributed by atoms with Crippen molar-refractivity contribution in [1.82, 2.24) is 4.98 Å². The Balaban J connectivity index is 0. The predicted molar refractivity (Wildman–Crippen MR) is 68.7 cm³/mol. The monoisotopic (exact) mass is 261 g/mol. The van der Waals surface area contributed by atoms with Gasteiger partial charge in [0, 0.05) is 11.6 Å². The fraction of sp³-hybridized carbons (Fsp3) is 0.182. The molecule has 0 atom stereocenters. The van der Waals surface area contributed by atoms with E-state index in [1.54, 1.807) is 13.3 Å². The topological polar surface area (TPSA) is 105 Å². The molecule has 0 saturated carbocycles. The van der Waals surface area contributed by atoms with Gasteiger partial charge in [-0.05, 0) is 29.8 Å². The molecule has 17 heavy (non-hydrogen) atoms.